The summed E-state index contributed by atoms with van der Waals surface area (Å²) in [5.41, 5.74) is 7.81. The Morgan fingerprint density at radius 1 is 0.619 bits per heavy atom. The first kappa shape index (κ1) is 12.6. The second-order valence-electron chi connectivity index (χ2n) is 5.20. The maximum Gasteiger partial charge on any atom is 0.0181 e. The highest BCUT2D eigenvalue weighted by molar-refractivity contribution is 9.10. The summed E-state index contributed by atoms with van der Waals surface area (Å²) < 4.78 is 1.11. The van der Waals surface area contributed by atoms with Crippen molar-refractivity contribution in [1.82, 2.24) is 0 Å². The number of rotatable bonds is 1. The molecule has 0 saturated heterocycles. The molecule has 0 aliphatic heterocycles. The van der Waals surface area contributed by atoms with E-state index in [0.29, 0.717) is 0 Å². The summed E-state index contributed by atoms with van der Waals surface area (Å²) in [5, 5.41) is 0. The SMILES string of the molecule is Brc1cccc(C=C2c3ccccc3-c3ccccc32)c1. The van der Waals surface area contributed by atoms with Crippen molar-refractivity contribution in [3.63, 3.8) is 0 Å². The quantitative estimate of drug-likeness (QED) is 0.400. The number of hydrogen-bond donors (Lipinski definition) is 0. The van der Waals surface area contributed by atoms with E-state index in [4.69, 9.17) is 0 Å². The zero-order chi connectivity index (χ0) is 14.2. The lowest BCUT2D eigenvalue weighted by atomic mass is 10.0. The predicted molar refractivity (Wildman–Crippen MR) is 93.0 cm³/mol. The molecule has 0 unspecified atom stereocenters. The van der Waals surface area contributed by atoms with Gasteiger partial charge in [-0.2, -0.15) is 0 Å². The molecule has 0 fully saturated rings. The first-order valence-electron chi connectivity index (χ1n) is 6.99. The summed E-state index contributed by atoms with van der Waals surface area (Å²) in [6, 6.07) is 25.7. The summed E-state index contributed by atoms with van der Waals surface area (Å²) in [6.07, 6.45) is 2.27. The molecule has 0 amide bonds. The Kier molecular flexibility index (Phi) is 3.01. The van der Waals surface area contributed by atoms with Gasteiger partial charge in [-0.3, -0.25) is 0 Å². The molecule has 0 spiro atoms. The van der Waals surface area contributed by atoms with Gasteiger partial charge in [-0.25, -0.2) is 0 Å². The molecule has 3 aromatic carbocycles. The standard InChI is InChI=1S/C20H13Br/c21-15-7-5-6-14(12-15)13-20-18-10-3-1-8-16(18)17-9-2-4-11-19(17)20/h1-13H. The summed E-state index contributed by atoms with van der Waals surface area (Å²) in [5.74, 6) is 0. The molecule has 4 rings (SSSR count). The number of hydrogen-bond acceptors (Lipinski definition) is 0. The van der Waals surface area contributed by atoms with Crippen molar-refractivity contribution < 1.29 is 0 Å². The molecule has 0 bridgehead atoms. The molecule has 3 aromatic rings. The topological polar surface area (TPSA) is 0 Å². The zero-order valence-electron chi connectivity index (χ0n) is 11.4. The molecular formula is C20H13Br. The Hall–Kier alpha value is -2.12. The molecule has 1 heteroatoms. The molecule has 0 saturated carbocycles. The number of benzene rings is 3. The maximum atomic E-state index is 3.55. The minimum Gasteiger partial charge on any atom is -0.0616 e. The van der Waals surface area contributed by atoms with Crippen LogP contribution in [-0.4, -0.2) is 0 Å². The zero-order valence-corrected chi connectivity index (χ0v) is 13.0. The van der Waals surface area contributed by atoms with Crippen LogP contribution in [0.5, 0.6) is 0 Å². The molecule has 1 aliphatic carbocycles. The van der Waals surface area contributed by atoms with Crippen molar-refractivity contribution in [2.24, 2.45) is 0 Å². The van der Waals surface area contributed by atoms with Crippen molar-refractivity contribution in [2.75, 3.05) is 0 Å². The fourth-order valence-corrected chi connectivity index (χ4v) is 3.39. The minimum absolute atomic E-state index is 1.11. The van der Waals surface area contributed by atoms with Gasteiger partial charge in [0.25, 0.3) is 0 Å². The van der Waals surface area contributed by atoms with Gasteiger partial charge in [0.15, 0.2) is 0 Å². The molecule has 0 atom stereocenters. The number of halogens is 1. The molecule has 0 N–H and O–H groups in total. The highest BCUT2D eigenvalue weighted by atomic mass is 79.9. The van der Waals surface area contributed by atoms with Crippen molar-refractivity contribution in [1.29, 1.82) is 0 Å². The smallest absolute Gasteiger partial charge is 0.0181 e. The normalized spacial score (nSPS) is 12.0. The lowest BCUT2D eigenvalue weighted by Gasteiger charge is -2.03. The van der Waals surface area contributed by atoms with Crippen LogP contribution in [0.15, 0.2) is 77.3 Å². The van der Waals surface area contributed by atoms with Gasteiger partial charge in [0.2, 0.25) is 0 Å². The van der Waals surface area contributed by atoms with Crippen molar-refractivity contribution in [3.8, 4) is 11.1 Å². The molecule has 0 aromatic heterocycles. The average molecular weight is 333 g/mol. The van der Waals surface area contributed by atoms with Gasteiger partial charge in [0.1, 0.15) is 0 Å². The van der Waals surface area contributed by atoms with E-state index in [0.717, 1.165) is 4.47 Å². The van der Waals surface area contributed by atoms with Crippen LogP contribution in [0.1, 0.15) is 16.7 Å². The van der Waals surface area contributed by atoms with Crippen LogP contribution < -0.4 is 0 Å². The highest BCUT2D eigenvalue weighted by Crippen LogP contribution is 2.44. The highest BCUT2D eigenvalue weighted by Gasteiger charge is 2.21. The van der Waals surface area contributed by atoms with E-state index in [1.165, 1.54) is 33.4 Å². The van der Waals surface area contributed by atoms with Crippen LogP contribution in [0.3, 0.4) is 0 Å². The molecule has 21 heavy (non-hydrogen) atoms. The van der Waals surface area contributed by atoms with Gasteiger partial charge in [-0.05, 0) is 51.6 Å². The Bertz CT molecular complexity index is 811. The van der Waals surface area contributed by atoms with Gasteiger partial charge < -0.3 is 0 Å². The second-order valence-corrected chi connectivity index (χ2v) is 6.12. The molecule has 1 aliphatic rings. The molecule has 0 radical (unpaired) electrons. The molecule has 0 nitrogen and oxygen atoms in total. The maximum absolute atomic E-state index is 3.55. The number of fused-ring (bicyclic) bond motifs is 3. The third-order valence-electron chi connectivity index (χ3n) is 3.88. The Labute approximate surface area is 132 Å². The van der Waals surface area contributed by atoms with E-state index in [9.17, 15) is 0 Å². The van der Waals surface area contributed by atoms with Crippen molar-refractivity contribution in [2.45, 2.75) is 0 Å². The van der Waals surface area contributed by atoms with Gasteiger partial charge in [0.05, 0.1) is 0 Å². The van der Waals surface area contributed by atoms with E-state index < -0.39 is 0 Å². The third kappa shape index (κ3) is 2.14. The van der Waals surface area contributed by atoms with E-state index in [-0.39, 0.29) is 0 Å². The Balaban J connectivity index is 1.97. The van der Waals surface area contributed by atoms with E-state index in [1.54, 1.807) is 0 Å². The first-order chi connectivity index (χ1) is 10.3. The Morgan fingerprint density at radius 2 is 1.19 bits per heavy atom. The van der Waals surface area contributed by atoms with Crippen molar-refractivity contribution >= 4 is 27.6 Å². The van der Waals surface area contributed by atoms with Gasteiger partial charge in [-0.15, -0.1) is 0 Å². The fraction of sp³-hybridized carbons (Fsp3) is 0. The summed E-state index contributed by atoms with van der Waals surface area (Å²) in [4.78, 5) is 0. The third-order valence-corrected chi connectivity index (χ3v) is 4.38. The van der Waals surface area contributed by atoms with Gasteiger partial charge >= 0.3 is 0 Å². The lowest BCUT2D eigenvalue weighted by molar-refractivity contribution is 1.60. The largest absolute Gasteiger partial charge is 0.0616 e. The van der Waals surface area contributed by atoms with Crippen LogP contribution >= 0.6 is 15.9 Å². The van der Waals surface area contributed by atoms with Crippen LogP contribution in [0.4, 0.5) is 0 Å². The fourth-order valence-electron chi connectivity index (χ4n) is 2.97. The van der Waals surface area contributed by atoms with Crippen molar-refractivity contribution in [3.05, 3.63) is 94.0 Å². The average Bonchev–Trinajstić information content (AvgIpc) is 2.83. The predicted octanol–water partition coefficient (Wildman–Crippen LogP) is 6.02. The molecule has 0 heterocycles. The minimum atomic E-state index is 1.11. The summed E-state index contributed by atoms with van der Waals surface area (Å²) >= 11 is 3.55. The summed E-state index contributed by atoms with van der Waals surface area (Å²) in [7, 11) is 0. The molecular weight excluding hydrogens is 320 g/mol. The van der Waals surface area contributed by atoms with Gasteiger partial charge in [0, 0.05) is 4.47 Å². The summed E-state index contributed by atoms with van der Waals surface area (Å²) in [6.45, 7) is 0. The van der Waals surface area contributed by atoms with Gasteiger partial charge in [-0.1, -0.05) is 76.6 Å². The first-order valence-corrected chi connectivity index (χ1v) is 7.79. The van der Waals surface area contributed by atoms with E-state index >= 15 is 0 Å². The second kappa shape index (κ2) is 5.01. The van der Waals surface area contributed by atoms with E-state index in [2.05, 4.69) is 94.8 Å². The van der Waals surface area contributed by atoms with Crippen LogP contribution in [-0.2, 0) is 0 Å². The monoisotopic (exact) mass is 332 g/mol. The lowest BCUT2D eigenvalue weighted by Crippen LogP contribution is -1.82. The van der Waals surface area contributed by atoms with Crippen LogP contribution in [0.25, 0.3) is 22.8 Å². The van der Waals surface area contributed by atoms with Crippen LogP contribution in [0, 0.1) is 0 Å². The van der Waals surface area contributed by atoms with Crippen LogP contribution in [0.2, 0.25) is 0 Å². The molecule has 100 valence electrons. The Morgan fingerprint density at radius 3 is 1.76 bits per heavy atom. The van der Waals surface area contributed by atoms with E-state index in [1.807, 2.05) is 0 Å².